The monoisotopic (exact) mass is 545 g/mol. The number of aryl methyl sites for hydroxylation is 1. The molecule has 2 aromatic carbocycles. The SMILES string of the molecule is CC[C@H](C(=O)N[C@@H](C)CC)N(Cc1ccccc1C)C(=O)CN(c1ccc2c(c1)OCCO2)S(=O)(=O)CC. The van der Waals surface area contributed by atoms with Crippen molar-refractivity contribution in [2.45, 2.75) is 66.1 Å². The number of carbonyl (C=O) groups excluding carboxylic acids is 2. The molecule has 2 atom stereocenters. The van der Waals surface area contributed by atoms with E-state index in [-0.39, 0.29) is 24.2 Å². The zero-order chi connectivity index (χ0) is 27.9. The molecule has 0 aromatic heterocycles. The number of anilines is 1. The van der Waals surface area contributed by atoms with Gasteiger partial charge < -0.3 is 19.7 Å². The Morgan fingerprint density at radius 1 is 1.00 bits per heavy atom. The summed E-state index contributed by atoms with van der Waals surface area (Å²) in [4.78, 5) is 28.7. The van der Waals surface area contributed by atoms with Crippen LogP contribution in [0.4, 0.5) is 5.69 Å². The van der Waals surface area contributed by atoms with Crippen molar-refractivity contribution in [3.63, 3.8) is 0 Å². The Morgan fingerprint density at radius 2 is 1.68 bits per heavy atom. The van der Waals surface area contributed by atoms with Crippen molar-refractivity contribution in [3.05, 3.63) is 53.6 Å². The Balaban J connectivity index is 1.99. The van der Waals surface area contributed by atoms with Gasteiger partial charge in [-0.2, -0.15) is 0 Å². The molecule has 1 N–H and O–H groups in total. The van der Waals surface area contributed by atoms with Crippen LogP contribution in [-0.4, -0.2) is 62.7 Å². The molecule has 0 saturated carbocycles. The number of sulfonamides is 1. The lowest BCUT2D eigenvalue weighted by Crippen LogP contribution is -2.53. The summed E-state index contributed by atoms with van der Waals surface area (Å²) in [6, 6.07) is 11.7. The van der Waals surface area contributed by atoms with Gasteiger partial charge in [0.2, 0.25) is 21.8 Å². The lowest BCUT2D eigenvalue weighted by Gasteiger charge is -2.34. The van der Waals surface area contributed by atoms with Crippen LogP contribution in [0.15, 0.2) is 42.5 Å². The summed E-state index contributed by atoms with van der Waals surface area (Å²) in [7, 11) is -3.84. The molecule has 2 amide bonds. The van der Waals surface area contributed by atoms with Crippen LogP contribution in [0.25, 0.3) is 0 Å². The molecule has 9 nitrogen and oxygen atoms in total. The van der Waals surface area contributed by atoms with Gasteiger partial charge in [0.05, 0.1) is 11.4 Å². The summed E-state index contributed by atoms with van der Waals surface area (Å²) in [6.45, 7) is 9.70. The molecule has 2 aromatic rings. The van der Waals surface area contributed by atoms with Crippen molar-refractivity contribution in [1.82, 2.24) is 10.2 Å². The molecule has 0 saturated heterocycles. The molecule has 3 rings (SSSR count). The predicted octanol–water partition coefficient (Wildman–Crippen LogP) is 3.64. The van der Waals surface area contributed by atoms with Gasteiger partial charge in [-0.05, 0) is 56.9 Å². The van der Waals surface area contributed by atoms with Crippen molar-refractivity contribution in [1.29, 1.82) is 0 Å². The Morgan fingerprint density at radius 3 is 2.32 bits per heavy atom. The average Bonchev–Trinajstić information content (AvgIpc) is 2.92. The second-order valence-corrected chi connectivity index (χ2v) is 11.6. The van der Waals surface area contributed by atoms with E-state index in [4.69, 9.17) is 9.47 Å². The van der Waals surface area contributed by atoms with Crippen LogP contribution in [0, 0.1) is 6.92 Å². The molecular weight excluding hydrogens is 506 g/mol. The topological polar surface area (TPSA) is 105 Å². The summed E-state index contributed by atoms with van der Waals surface area (Å²) in [5.41, 5.74) is 2.17. The Labute approximate surface area is 226 Å². The van der Waals surface area contributed by atoms with E-state index < -0.39 is 28.5 Å². The fourth-order valence-electron chi connectivity index (χ4n) is 4.24. The largest absolute Gasteiger partial charge is 0.486 e. The molecular formula is C28H39N3O6S. The summed E-state index contributed by atoms with van der Waals surface area (Å²) in [5.74, 6) is 0.0279. The van der Waals surface area contributed by atoms with E-state index in [2.05, 4.69) is 5.32 Å². The highest BCUT2D eigenvalue weighted by atomic mass is 32.2. The number of nitrogens with zero attached hydrogens (tertiary/aromatic N) is 2. The van der Waals surface area contributed by atoms with Crippen LogP contribution in [0.3, 0.4) is 0 Å². The predicted molar refractivity (Wildman–Crippen MR) is 148 cm³/mol. The van der Waals surface area contributed by atoms with Crippen LogP contribution in [0.2, 0.25) is 0 Å². The highest BCUT2D eigenvalue weighted by Crippen LogP contribution is 2.35. The molecule has 1 aliphatic rings. The maximum absolute atomic E-state index is 13.9. The number of ether oxygens (including phenoxy) is 2. The van der Waals surface area contributed by atoms with Crippen molar-refractivity contribution >= 4 is 27.5 Å². The maximum Gasteiger partial charge on any atom is 0.244 e. The number of carbonyl (C=O) groups is 2. The third-order valence-electron chi connectivity index (χ3n) is 6.78. The minimum atomic E-state index is -3.84. The van der Waals surface area contributed by atoms with Crippen molar-refractivity contribution in [2.24, 2.45) is 0 Å². The minimum absolute atomic E-state index is 0.0540. The van der Waals surface area contributed by atoms with Gasteiger partial charge in [-0.15, -0.1) is 0 Å². The summed E-state index contributed by atoms with van der Waals surface area (Å²) >= 11 is 0. The molecule has 0 fully saturated rings. The molecule has 0 unspecified atom stereocenters. The zero-order valence-corrected chi connectivity index (χ0v) is 23.7. The Kier molecular flexibility index (Phi) is 10.0. The van der Waals surface area contributed by atoms with Crippen LogP contribution in [0.5, 0.6) is 11.5 Å². The molecule has 1 aliphatic heterocycles. The van der Waals surface area contributed by atoms with E-state index in [0.29, 0.717) is 36.8 Å². The van der Waals surface area contributed by atoms with Crippen LogP contribution >= 0.6 is 0 Å². The lowest BCUT2D eigenvalue weighted by atomic mass is 10.1. The summed E-state index contributed by atoms with van der Waals surface area (Å²) in [6.07, 6.45) is 1.13. The molecule has 38 heavy (non-hydrogen) atoms. The third kappa shape index (κ3) is 6.98. The number of amides is 2. The summed E-state index contributed by atoms with van der Waals surface area (Å²) in [5, 5.41) is 2.98. The molecule has 0 radical (unpaired) electrons. The average molecular weight is 546 g/mol. The molecule has 10 heteroatoms. The first-order chi connectivity index (χ1) is 18.1. The zero-order valence-electron chi connectivity index (χ0n) is 22.9. The van der Waals surface area contributed by atoms with Crippen LogP contribution in [-0.2, 0) is 26.2 Å². The summed E-state index contributed by atoms with van der Waals surface area (Å²) < 4.78 is 38.7. The standard InChI is InChI=1S/C28H39N3O6S/c1-6-21(5)29-28(33)24(7-2)30(18-22-12-10-9-11-20(22)4)27(32)19-31(38(34,35)8-3)23-13-14-25-26(17-23)37-16-15-36-25/h9-14,17,21,24H,6-8,15-16,18-19H2,1-5H3,(H,29,33)/t21-,24+/m0/s1. The first-order valence-corrected chi connectivity index (χ1v) is 14.8. The van der Waals surface area contributed by atoms with Gasteiger partial charge >= 0.3 is 0 Å². The molecule has 0 bridgehead atoms. The fourth-order valence-corrected chi connectivity index (χ4v) is 5.29. The number of hydrogen-bond donors (Lipinski definition) is 1. The van der Waals surface area contributed by atoms with E-state index >= 15 is 0 Å². The van der Waals surface area contributed by atoms with Gasteiger partial charge in [-0.3, -0.25) is 13.9 Å². The van der Waals surface area contributed by atoms with Crippen LogP contribution in [0.1, 0.15) is 51.7 Å². The van der Waals surface area contributed by atoms with Gasteiger partial charge in [0.15, 0.2) is 11.5 Å². The second-order valence-electron chi connectivity index (χ2n) is 9.43. The van der Waals surface area contributed by atoms with Gasteiger partial charge in [0.1, 0.15) is 25.8 Å². The van der Waals surface area contributed by atoms with Crippen molar-refractivity contribution < 1.29 is 27.5 Å². The maximum atomic E-state index is 13.9. The second kappa shape index (κ2) is 13.0. The first-order valence-electron chi connectivity index (χ1n) is 13.2. The van der Waals surface area contributed by atoms with E-state index in [0.717, 1.165) is 21.9 Å². The number of nitrogens with one attached hydrogen (secondary N) is 1. The van der Waals surface area contributed by atoms with Crippen molar-refractivity contribution in [3.8, 4) is 11.5 Å². The molecule has 1 heterocycles. The van der Waals surface area contributed by atoms with Gasteiger partial charge in [0.25, 0.3) is 0 Å². The Bertz CT molecular complexity index is 1230. The number of benzene rings is 2. The van der Waals surface area contributed by atoms with E-state index in [9.17, 15) is 18.0 Å². The quantitative estimate of drug-likeness (QED) is 0.437. The molecule has 208 valence electrons. The smallest absolute Gasteiger partial charge is 0.244 e. The molecule has 0 spiro atoms. The highest BCUT2D eigenvalue weighted by Gasteiger charge is 2.33. The van der Waals surface area contributed by atoms with Crippen molar-refractivity contribution in [2.75, 3.05) is 29.8 Å². The lowest BCUT2D eigenvalue weighted by molar-refractivity contribution is -0.140. The van der Waals surface area contributed by atoms with Gasteiger partial charge in [0, 0.05) is 18.7 Å². The highest BCUT2D eigenvalue weighted by molar-refractivity contribution is 7.92. The number of hydrogen-bond acceptors (Lipinski definition) is 6. The van der Waals surface area contributed by atoms with Gasteiger partial charge in [-0.25, -0.2) is 8.42 Å². The normalized spacial score (nSPS) is 14.3. The minimum Gasteiger partial charge on any atom is -0.486 e. The number of rotatable bonds is 12. The van der Waals surface area contributed by atoms with E-state index in [1.807, 2.05) is 52.0 Å². The van der Waals surface area contributed by atoms with E-state index in [1.54, 1.807) is 18.2 Å². The molecule has 0 aliphatic carbocycles. The van der Waals surface area contributed by atoms with Gasteiger partial charge in [-0.1, -0.05) is 38.1 Å². The first kappa shape index (κ1) is 29.3. The van der Waals surface area contributed by atoms with Crippen LogP contribution < -0.4 is 19.1 Å². The van der Waals surface area contributed by atoms with E-state index in [1.165, 1.54) is 11.8 Å². The Hall–Kier alpha value is -3.27. The number of fused-ring (bicyclic) bond motifs is 1. The fraction of sp³-hybridized carbons (Fsp3) is 0.500. The third-order valence-corrected chi connectivity index (χ3v) is 8.52.